The summed E-state index contributed by atoms with van der Waals surface area (Å²) in [5, 5.41) is 3.14. The number of aliphatic imine (C=N–C) groups is 1. The van der Waals surface area contributed by atoms with Crippen molar-refractivity contribution in [2.75, 3.05) is 7.11 Å². The third-order valence-electron chi connectivity index (χ3n) is 3.22. The molecule has 1 aliphatic rings. The van der Waals surface area contributed by atoms with Gasteiger partial charge in [-0.1, -0.05) is 0 Å². The van der Waals surface area contributed by atoms with E-state index in [9.17, 15) is 0 Å². The Labute approximate surface area is 126 Å². The van der Waals surface area contributed by atoms with Gasteiger partial charge >= 0.3 is 0 Å². The molecule has 0 radical (unpaired) electrons. The summed E-state index contributed by atoms with van der Waals surface area (Å²) in [5.74, 6) is 2.19. The minimum absolute atomic E-state index is 0.103. The molecule has 1 aromatic rings. The Morgan fingerprint density at radius 1 is 1.48 bits per heavy atom. The number of nitrogens with one attached hydrogen (secondary N) is 1. The first kappa shape index (κ1) is 15.5. The fraction of sp³-hybridized carbons (Fsp3) is 0.562. The fourth-order valence-corrected chi connectivity index (χ4v) is 2.39. The van der Waals surface area contributed by atoms with Crippen LogP contribution in [0.25, 0.3) is 0 Å². The van der Waals surface area contributed by atoms with Gasteiger partial charge in [-0.3, -0.25) is 0 Å². The molecule has 0 amide bonds. The predicted octanol–water partition coefficient (Wildman–Crippen LogP) is 2.22. The van der Waals surface area contributed by atoms with Gasteiger partial charge in [0.25, 0.3) is 0 Å². The molecule has 0 bridgehead atoms. The van der Waals surface area contributed by atoms with Crippen LogP contribution in [0, 0.1) is 0 Å². The number of nitrogens with zero attached hydrogens (tertiary/aromatic N) is 1. The highest BCUT2D eigenvalue weighted by Gasteiger charge is 2.21. The normalized spacial score (nSPS) is 18.1. The smallest absolute Gasteiger partial charge is 0.189 e. The first-order valence-corrected chi connectivity index (χ1v) is 7.23. The van der Waals surface area contributed by atoms with E-state index < -0.39 is 0 Å². The molecular weight excluding hydrogens is 266 g/mol. The van der Waals surface area contributed by atoms with Crippen molar-refractivity contribution in [1.82, 2.24) is 5.32 Å². The number of ether oxygens (including phenoxy) is 2. The van der Waals surface area contributed by atoms with Crippen LogP contribution < -0.4 is 20.5 Å². The molecule has 0 aliphatic carbocycles. The second-order valence-electron chi connectivity index (χ2n) is 6.48. The lowest BCUT2D eigenvalue weighted by atomic mass is 10.1. The summed E-state index contributed by atoms with van der Waals surface area (Å²) in [6, 6.07) is 4.04. The molecule has 1 aliphatic heterocycles. The van der Waals surface area contributed by atoms with Crippen LogP contribution in [0.2, 0.25) is 0 Å². The topological polar surface area (TPSA) is 68.9 Å². The Hall–Kier alpha value is -1.91. The van der Waals surface area contributed by atoms with Gasteiger partial charge in [-0.25, -0.2) is 4.99 Å². The molecule has 3 N–H and O–H groups in total. The average molecular weight is 291 g/mol. The summed E-state index contributed by atoms with van der Waals surface area (Å²) in [7, 11) is 1.67. The molecule has 1 unspecified atom stereocenters. The monoisotopic (exact) mass is 291 g/mol. The number of methoxy groups -OCH3 is 1. The van der Waals surface area contributed by atoms with Crippen LogP contribution in [0.5, 0.6) is 11.5 Å². The lowest BCUT2D eigenvalue weighted by Gasteiger charge is -2.21. The minimum Gasteiger partial charge on any atom is -0.496 e. The molecule has 5 heteroatoms. The molecule has 21 heavy (non-hydrogen) atoms. The molecule has 5 nitrogen and oxygen atoms in total. The molecule has 1 heterocycles. The zero-order valence-electron chi connectivity index (χ0n) is 13.5. The van der Waals surface area contributed by atoms with Gasteiger partial charge in [0.05, 0.1) is 13.7 Å². The van der Waals surface area contributed by atoms with Crippen molar-refractivity contribution < 1.29 is 9.47 Å². The van der Waals surface area contributed by atoms with Crippen LogP contribution in [0.3, 0.4) is 0 Å². The molecule has 1 aromatic carbocycles. The number of hydrogen-bond donors (Lipinski definition) is 2. The second kappa shape index (κ2) is 5.84. The molecule has 0 aromatic heterocycles. The minimum atomic E-state index is -0.103. The third kappa shape index (κ3) is 4.03. The van der Waals surface area contributed by atoms with Crippen LogP contribution >= 0.6 is 0 Å². The third-order valence-corrected chi connectivity index (χ3v) is 3.22. The Morgan fingerprint density at radius 3 is 2.81 bits per heavy atom. The zero-order chi connectivity index (χ0) is 15.6. The Morgan fingerprint density at radius 2 is 2.19 bits per heavy atom. The number of hydrogen-bond acceptors (Lipinski definition) is 3. The number of guanidine groups is 1. The van der Waals surface area contributed by atoms with Crippen molar-refractivity contribution in [3.63, 3.8) is 0 Å². The van der Waals surface area contributed by atoms with Gasteiger partial charge < -0.3 is 20.5 Å². The van der Waals surface area contributed by atoms with E-state index >= 15 is 0 Å². The van der Waals surface area contributed by atoms with E-state index in [-0.39, 0.29) is 11.6 Å². The summed E-state index contributed by atoms with van der Waals surface area (Å²) < 4.78 is 11.2. The summed E-state index contributed by atoms with van der Waals surface area (Å²) in [6.07, 6.45) is 1.14. The van der Waals surface area contributed by atoms with Crippen molar-refractivity contribution >= 4 is 5.96 Å². The van der Waals surface area contributed by atoms with Crippen LogP contribution in [-0.2, 0) is 13.0 Å². The fourth-order valence-electron chi connectivity index (χ4n) is 2.39. The molecule has 1 atom stereocenters. The summed E-state index contributed by atoms with van der Waals surface area (Å²) in [4.78, 5) is 4.38. The van der Waals surface area contributed by atoms with Crippen LogP contribution in [-0.4, -0.2) is 24.7 Å². The standard InChI is InChI=1S/C16H25N3O2/c1-10-6-11-7-13(20-5)12(8-14(11)21-10)9-18-15(17)19-16(2,3)4/h7-8,10H,6,9H2,1-5H3,(H3,17,18,19). The highest BCUT2D eigenvalue weighted by Crippen LogP contribution is 2.35. The van der Waals surface area contributed by atoms with Crippen molar-refractivity contribution in [2.45, 2.75) is 52.3 Å². The van der Waals surface area contributed by atoms with Gasteiger partial charge in [0, 0.05) is 23.1 Å². The zero-order valence-corrected chi connectivity index (χ0v) is 13.5. The van der Waals surface area contributed by atoms with E-state index in [0.717, 1.165) is 23.5 Å². The maximum Gasteiger partial charge on any atom is 0.189 e. The highest BCUT2D eigenvalue weighted by atomic mass is 16.5. The van der Waals surface area contributed by atoms with Gasteiger partial charge in [-0.05, 0) is 39.8 Å². The Kier molecular flexibility index (Phi) is 4.30. The summed E-state index contributed by atoms with van der Waals surface area (Å²) in [5.41, 5.74) is 7.96. The molecule has 0 fully saturated rings. The summed E-state index contributed by atoms with van der Waals surface area (Å²) >= 11 is 0. The van der Waals surface area contributed by atoms with Gasteiger partial charge in [-0.15, -0.1) is 0 Å². The maximum absolute atomic E-state index is 5.90. The first-order valence-electron chi connectivity index (χ1n) is 7.23. The Balaban J connectivity index is 2.17. The highest BCUT2D eigenvalue weighted by molar-refractivity contribution is 5.78. The van der Waals surface area contributed by atoms with E-state index in [1.165, 1.54) is 5.56 Å². The van der Waals surface area contributed by atoms with Crippen molar-refractivity contribution in [2.24, 2.45) is 10.7 Å². The van der Waals surface area contributed by atoms with Crippen LogP contribution in [0.1, 0.15) is 38.8 Å². The maximum atomic E-state index is 5.90. The van der Waals surface area contributed by atoms with E-state index in [1.807, 2.05) is 32.9 Å². The number of benzene rings is 1. The predicted molar refractivity (Wildman–Crippen MR) is 85.0 cm³/mol. The average Bonchev–Trinajstić information content (AvgIpc) is 2.72. The van der Waals surface area contributed by atoms with Crippen molar-refractivity contribution in [3.8, 4) is 11.5 Å². The lowest BCUT2D eigenvalue weighted by molar-refractivity contribution is 0.254. The van der Waals surface area contributed by atoms with Crippen LogP contribution in [0.15, 0.2) is 17.1 Å². The molecule has 0 saturated carbocycles. The molecule has 116 valence electrons. The summed E-state index contributed by atoms with van der Waals surface area (Å²) in [6.45, 7) is 8.65. The number of rotatable bonds is 3. The van der Waals surface area contributed by atoms with Gasteiger partial charge in [0.15, 0.2) is 5.96 Å². The van der Waals surface area contributed by atoms with Crippen molar-refractivity contribution in [3.05, 3.63) is 23.3 Å². The lowest BCUT2D eigenvalue weighted by Crippen LogP contribution is -2.44. The Bertz CT molecular complexity index is 547. The van der Waals surface area contributed by atoms with Gasteiger partial charge in [0.2, 0.25) is 0 Å². The SMILES string of the molecule is COc1cc2c(cc1CN=C(N)NC(C)(C)C)OC(C)C2. The van der Waals surface area contributed by atoms with Gasteiger partial charge in [-0.2, -0.15) is 0 Å². The quantitative estimate of drug-likeness (QED) is 0.662. The molecule has 2 rings (SSSR count). The van der Waals surface area contributed by atoms with E-state index in [4.69, 9.17) is 15.2 Å². The number of nitrogens with two attached hydrogens (primary N) is 1. The largest absolute Gasteiger partial charge is 0.496 e. The van der Waals surface area contributed by atoms with E-state index in [0.29, 0.717) is 12.5 Å². The first-order chi connectivity index (χ1) is 9.78. The van der Waals surface area contributed by atoms with E-state index in [2.05, 4.69) is 17.2 Å². The van der Waals surface area contributed by atoms with Gasteiger partial charge in [0.1, 0.15) is 17.6 Å². The van der Waals surface area contributed by atoms with E-state index in [1.54, 1.807) is 7.11 Å². The molecule has 0 spiro atoms. The molecule has 0 saturated heterocycles. The van der Waals surface area contributed by atoms with Crippen molar-refractivity contribution in [1.29, 1.82) is 0 Å². The second-order valence-corrected chi connectivity index (χ2v) is 6.48. The van der Waals surface area contributed by atoms with Crippen LogP contribution in [0.4, 0.5) is 0 Å². The molecular formula is C16H25N3O2. The number of fused-ring (bicyclic) bond motifs is 1.